The minimum absolute atomic E-state index is 0.0757. The third kappa shape index (κ3) is 5.76. The van der Waals surface area contributed by atoms with Crippen molar-refractivity contribution < 1.29 is 19.4 Å². The summed E-state index contributed by atoms with van der Waals surface area (Å²) in [6, 6.07) is -0.308. The molecule has 23 heavy (non-hydrogen) atoms. The number of nitrogens with two attached hydrogens (primary N) is 1. The second-order valence-electron chi connectivity index (χ2n) is 7.35. The fraction of sp³-hybridized carbons (Fsp3) is 0.867. The highest BCUT2D eigenvalue weighted by atomic mass is 33.1. The summed E-state index contributed by atoms with van der Waals surface area (Å²) in [7, 11) is 3.51. The van der Waals surface area contributed by atoms with E-state index in [1.54, 1.807) is 21.6 Å². The summed E-state index contributed by atoms with van der Waals surface area (Å²) in [5, 5.41) is 13.0. The monoisotopic (exact) mass is 362 g/mol. The maximum Gasteiger partial charge on any atom is 0.407 e. The van der Waals surface area contributed by atoms with E-state index in [1.165, 1.54) is 0 Å². The Morgan fingerprint density at radius 1 is 1.13 bits per heavy atom. The van der Waals surface area contributed by atoms with Crippen LogP contribution in [0, 0.1) is 5.92 Å². The summed E-state index contributed by atoms with van der Waals surface area (Å²) in [6.07, 6.45) is 2.07. The van der Waals surface area contributed by atoms with Gasteiger partial charge in [0.25, 0.3) is 0 Å². The average Bonchev–Trinajstić information content (AvgIpc) is 2.39. The number of carboxylic acids is 1. The first-order chi connectivity index (χ1) is 10.6. The van der Waals surface area contributed by atoms with E-state index < -0.39 is 23.6 Å². The van der Waals surface area contributed by atoms with Crippen molar-refractivity contribution in [1.29, 1.82) is 0 Å². The first-order valence-corrected chi connectivity index (χ1v) is 10.2. The lowest BCUT2D eigenvalue weighted by molar-refractivity contribution is -0.142. The standard InChI is InChI=1S/C15H26N2O4S2/c1-15(2,3)21-14(20)17-10-6-9(16)4-8(13(18)19)5-11-12(7-10)23-22-11/h8-12H,4-7,16H2,1-3H3,(H,17,20)(H,18,19). The summed E-state index contributed by atoms with van der Waals surface area (Å²) in [4.78, 5) is 23.4. The molecule has 0 aromatic carbocycles. The number of alkyl carbamates (subject to hydrolysis) is 1. The topological polar surface area (TPSA) is 102 Å². The van der Waals surface area contributed by atoms with Crippen molar-refractivity contribution >= 4 is 33.7 Å². The fourth-order valence-electron chi connectivity index (χ4n) is 2.97. The maximum absolute atomic E-state index is 12.0. The zero-order chi connectivity index (χ0) is 17.2. The van der Waals surface area contributed by atoms with Gasteiger partial charge in [-0.05, 0) is 46.5 Å². The number of carboxylic acid groups (broad SMARTS) is 1. The average molecular weight is 363 g/mol. The van der Waals surface area contributed by atoms with E-state index in [0.29, 0.717) is 29.8 Å². The molecule has 1 saturated heterocycles. The predicted octanol–water partition coefficient (Wildman–Crippen LogP) is 2.61. The van der Waals surface area contributed by atoms with Crippen molar-refractivity contribution in [3.05, 3.63) is 0 Å². The van der Waals surface area contributed by atoms with Crippen LogP contribution in [0.2, 0.25) is 0 Å². The Morgan fingerprint density at radius 2 is 1.74 bits per heavy atom. The molecule has 0 aromatic heterocycles. The molecule has 132 valence electrons. The van der Waals surface area contributed by atoms with Crippen LogP contribution < -0.4 is 11.1 Å². The van der Waals surface area contributed by atoms with Crippen LogP contribution in [0.3, 0.4) is 0 Å². The molecule has 8 heteroatoms. The molecule has 0 aromatic rings. The van der Waals surface area contributed by atoms with Gasteiger partial charge in [0.1, 0.15) is 5.60 Å². The number of aliphatic carboxylic acids is 1. The van der Waals surface area contributed by atoms with Crippen molar-refractivity contribution in [2.45, 2.75) is 74.6 Å². The number of nitrogens with one attached hydrogen (secondary N) is 1. The highest BCUT2D eigenvalue weighted by Gasteiger charge is 2.40. The lowest BCUT2D eigenvalue weighted by Gasteiger charge is -2.37. The summed E-state index contributed by atoms with van der Waals surface area (Å²) >= 11 is 0. The number of fused-ring (bicyclic) bond motifs is 1. The second-order valence-corrected chi connectivity index (χ2v) is 10.1. The van der Waals surface area contributed by atoms with Gasteiger partial charge in [-0.3, -0.25) is 4.79 Å². The van der Waals surface area contributed by atoms with Gasteiger partial charge in [0.2, 0.25) is 0 Å². The molecule has 1 amide bonds. The number of amides is 1. The van der Waals surface area contributed by atoms with Crippen LogP contribution in [0.15, 0.2) is 0 Å². The van der Waals surface area contributed by atoms with Crippen molar-refractivity contribution in [1.82, 2.24) is 5.32 Å². The van der Waals surface area contributed by atoms with Crippen LogP contribution in [0.25, 0.3) is 0 Å². The van der Waals surface area contributed by atoms with Gasteiger partial charge in [0.15, 0.2) is 0 Å². The Bertz CT molecular complexity index is 455. The number of hydrogen-bond donors (Lipinski definition) is 3. The first-order valence-electron chi connectivity index (χ1n) is 7.94. The molecule has 0 radical (unpaired) electrons. The first kappa shape index (κ1) is 18.7. The van der Waals surface area contributed by atoms with E-state index in [1.807, 2.05) is 20.8 Å². The van der Waals surface area contributed by atoms with E-state index in [2.05, 4.69) is 5.32 Å². The predicted molar refractivity (Wildman–Crippen MR) is 93.5 cm³/mol. The van der Waals surface area contributed by atoms with Crippen molar-refractivity contribution in [3.63, 3.8) is 0 Å². The molecule has 1 heterocycles. The van der Waals surface area contributed by atoms with Crippen molar-refractivity contribution in [2.75, 3.05) is 0 Å². The zero-order valence-electron chi connectivity index (χ0n) is 13.8. The van der Waals surface area contributed by atoms with E-state index in [-0.39, 0.29) is 12.1 Å². The summed E-state index contributed by atoms with van der Waals surface area (Å²) < 4.78 is 5.32. The van der Waals surface area contributed by atoms with Gasteiger partial charge in [-0.1, -0.05) is 21.6 Å². The summed E-state index contributed by atoms with van der Waals surface area (Å²) in [5.41, 5.74) is 5.60. The van der Waals surface area contributed by atoms with Crippen LogP contribution in [0.5, 0.6) is 0 Å². The Labute approximate surface area is 145 Å². The zero-order valence-corrected chi connectivity index (χ0v) is 15.4. The molecule has 5 atom stereocenters. The van der Waals surface area contributed by atoms with E-state index in [9.17, 15) is 14.7 Å². The Kier molecular flexibility index (Phi) is 6.13. The number of carbonyl (C=O) groups excluding carboxylic acids is 1. The molecule has 0 bridgehead atoms. The molecule has 4 N–H and O–H groups in total. The highest BCUT2D eigenvalue weighted by Crippen LogP contribution is 2.53. The third-order valence-electron chi connectivity index (χ3n) is 4.00. The van der Waals surface area contributed by atoms with Gasteiger partial charge in [-0.2, -0.15) is 0 Å². The summed E-state index contributed by atoms with van der Waals surface area (Å²) in [5.74, 6) is -1.17. The highest BCUT2D eigenvalue weighted by molar-refractivity contribution is 8.80. The number of ether oxygens (including phenoxy) is 1. The fourth-order valence-corrected chi connectivity index (χ4v) is 5.99. The van der Waals surface area contributed by atoms with Crippen LogP contribution >= 0.6 is 21.6 Å². The quantitative estimate of drug-likeness (QED) is 0.649. The second kappa shape index (κ2) is 7.53. The minimum Gasteiger partial charge on any atom is -0.481 e. The van der Waals surface area contributed by atoms with Crippen LogP contribution in [-0.4, -0.2) is 45.4 Å². The Morgan fingerprint density at radius 3 is 2.26 bits per heavy atom. The third-order valence-corrected chi connectivity index (χ3v) is 7.63. The maximum atomic E-state index is 12.0. The lowest BCUT2D eigenvalue weighted by atomic mass is 9.94. The van der Waals surface area contributed by atoms with Gasteiger partial charge >= 0.3 is 12.1 Å². The molecule has 1 aliphatic heterocycles. The van der Waals surface area contributed by atoms with Crippen molar-refractivity contribution in [3.8, 4) is 0 Å². The number of rotatable bonds is 2. The van der Waals surface area contributed by atoms with Gasteiger partial charge < -0.3 is 20.9 Å². The molecule has 1 saturated carbocycles. The number of carbonyl (C=O) groups is 2. The van der Waals surface area contributed by atoms with Crippen molar-refractivity contribution in [2.24, 2.45) is 11.7 Å². The Hall–Kier alpha value is -0.600. The van der Waals surface area contributed by atoms with Crippen LogP contribution in [-0.2, 0) is 9.53 Å². The largest absolute Gasteiger partial charge is 0.481 e. The van der Waals surface area contributed by atoms with Gasteiger partial charge in [-0.25, -0.2) is 4.79 Å². The molecule has 6 nitrogen and oxygen atoms in total. The molecule has 5 unspecified atom stereocenters. The Balaban J connectivity index is 2.00. The molecule has 1 aliphatic carbocycles. The minimum atomic E-state index is -0.768. The molecule has 2 rings (SSSR count). The van der Waals surface area contributed by atoms with E-state index in [0.717, 1.165) is 6.42 Å². The molecule has 2 fully saturated rings. The molecule has 0 spiro atoms. The lowest BCUT2D eigenvalue weighted by Crippen LogP contribution is -2.44. The molecule has 2 aliphatic rings. The van der Waals surface area contributed by atoms with Gasteiger partial charge in [0.05, 0.1) is 5.92 Å². The van der Waals surface area contributed by atoms with E-state index >= 15 is 0 Å². The SMILES string of the molecule is CC(C)(C)OC(=O)NC1CC(N)CC(C(=O)O)CC2SSC2C1. The van der Waals surface area contributed by atoms with E-state index in [4.69, 9.17) is 10.5 Å². The number of hydrogen-bond acceptors (Lipinski definition) is 6. The normalized spacial score (nSPS) is 34.9. The van der Waals surface area contributed by atoms with Crippen LogP contribution in [0.4, 0.5) is 4.79 Å². The summed E-state index contributed by atoms with van der Waals surface area (Å²) in [6.45, 7) is 5.48. The molecular formula is C15H26N2O4S2. The smallest absolute Gasteiger partial charge is 0.407 e. The molecular weight excluding hydrogens is 336 g/mol. The van der Waals surface area contributed by atoms with Gasteiger partial charge in [-0.15, -0.1) is 0 Å². The van der Waals surface area contributed by atoms with Crippen LogP contribution in [0.1, 0.15) is 46.5 Å². The van der Waals surface area contributed by atoms with Gasteiger partial charge in [0, 0.05) is 22.6 Å².